The summed E-state index contributed by atoms with van der Waals surface area (Å²) in [7, 11) is 0. The number of hydrogen-bond donors (Lipinski definition) is 0. The van der Waals surface area contributed by atoms with E-state index >= 15 is 0 Å². The van der Waals surface area contributed by atoms with E-state index in [-0.39, 0.29) is 6.61 Å². The molecular weight excluding hydrogens is 369 g/mol. The van der Waals surface area contributed by atoms with Gasteiger partial charge in [0.25, 0.3) is 5.91 Å². The highest BCUT2D eigenvalue weighted by atomic mass is 19.4. The minimum Gasteiger partial charge on any atom is -0.465 e. The molecule has 0 aromatic carbocycles. The van der Waals surface area contributed by atoms with E-state index in [2.05, 4.69) is 4.98 Å². The van der Waals surface area contributed by atoms with E-state index in [1.54, 1.807) is 6.92 Å². The first-order chi connectivity index (χ1) is 12.4. The fourth-order valence-electron chi connectivity index (χ4n) is 2.55. The third kappa shape index (κ3) is 3.55. The molecule has 144 valence electrons. The Morgan fingerprint density at radius 2 is 2.00 bits per heavy atom. The Hall–Kier alpha value is -3.16. The molecule has 1 aliphatic rings. The van der Waals surface area contributed by atoms with Gasteiger partial charge in [0.15, 0.2) is 5.69 Å². The second-order valence-corrected chi connectivity index (χ2v) is 6.07. The van der Waals surface area contributed by atoms with Crippen LogP contribution >= 0.6 is 0 Å². The van der Waals surface area contributed by atoms with Gasteiger partial charge in [-0.25, -0.2) is 14.7 Å². The first-order valence-electron chi connectivity index (χ1n) is 7.74. The van der Waals surface area contributed by atoms with Gasteiger partial charge in [-0.15, -0.1) is 0 Å². The Labute approximate surface area is 152 Å². The summed E-state index contributed by atoms with van der Waals surface area (Å²) in [6.07, 6.45) is -4.08. The lowest BCUT2D eigenvalue weighted by Crippen LogP contribution is -2.46. The van der Waals surface area contributed by atoms with Crippen LogP contribution in [0.25, 0.3) is 0 Å². The molecule has 11 heteroatoms. The minimum atomic E-state index is -4.90. The molecule has 2 rings (SSSR count). The number of esters is 1. The molecular formula is C16H15F3N4O4. The number of anilines is 1. The van der Waals surface area contributed by atoms with E-state index < -0.39 is 53.1 Å². The number of amides is 3. The van der Waals surface area contributed by atoms with Crippen LogP contribution in [0.5, 0.6) is 0 Å². The van der Waals surface area contributed by atoms with E-state index in [1.165, 1.54) is 19.9 Å². The van der Waals surface area contributed by atoms with Crippen LogP contribution in [0, 0.1) is 11.3 Å². The van der Waals surface area contributed by atoms with Gasteiger partial charge in [0, 0.05) is 0 Å². The number of imide groups is 1. The fourth-order valence-corrected chi connectivity index (χ4v) is 2.55. The van der Waals surface area contributed by atoms with Crippen LogP contribution in [-0.2, 0) is 20.5 Å². The Balaban J connectivity index is 2.48. The Kier molecular flexibility index (Phi) is 5.12. The highest BCUT2D eigenvalue weighted by Gasteiger charge is 2.53. The quantitative estimate of drug-likeness (QED) is 0.582. The van der Waals surface area contributed by atoms with E-state index in [0.717, 1.165) is 11.1 Å². The van der Waals surface area contributed by atoms with Crippen LogP contribution in [0.2, 0.25) is 0 Å². The monoisotopic (exact) mass is 384 g/mol. The zero-order chi connectivity index (χ0) is 20.6. The van der Waals surface area contributed by atoms with Gasteiger partial charge in [-0.05, 0) is 26.8 Å². The SMILES string of the molecule is CCOC(=O)CN1C(=O)N(c2cnc(C#N)c(C(F)(F)F)c2)C(=O)C1(C)C. The number of aromatic nitrogens is 1. The lowest BCUT2D eigenvalue weighted by molar-refractivity contribution is -0.145. The molecule has 1 aliphatic heterocycles. The van der Waals surface area contributed by atoms with Crippen LogP contribution in [0.4, 0.5) is 23.7 Å². The molecule has 0 atom stereocenters. The first-order valence-corrected chi connectivity index (χ1v) is 7.74. The molecule has 0 bridgehead atoms. The van der Waals surface area contributed by atoms with Gasteiger partial charge in [0.05, 0.1) is 24.1 Å². The summed E-state index contributed by atoms with van der Waals surface area (Å²) in [5, 5.41) is 8.80. The van der Waals surface area contributed by atoms with Gasteiger partial charge >= 0.3 is 18.2 Å². The van der Waals surface area contributed by atoms with Crippen molar-refractivity contribution in [3.63, 3.8) is 0 Å². The fraction of sp³-hybridized carbons (Fsp3) is 0.438. The van der Waals surface area contributed by atoms with E-state index in [9.17, 15) is 27.6 Å². The van der Waals surface area contributed by atoms with Crippen molar-refractivity contribution in [1.82, 2.24) is 9.88 Å². The number of carbonyl (C=O) groups is 3. The number of pyridine rings is 1. The molecule has 0 radical (unpaired) electrons. The average Bonchev–Trinajstić information content (AvgIpc) is 2.74. The molecule has 0 saturated carbocycles. The van der Waals surface area contributed by atoms with Crippen molar-refractivity contribution in [2.45, 2.75) is 32.5 Å². The first kappa shape index (κ1) is 20.2. The van der Waals surface area contributed by atoms with Crippen molar-refractivity contribution in [1.29, 1.82) is 5.26 Å². The molecule has 1 aromatic heterocycles. The molecule has 3 amide bonds. The maximum absolute atomic E-state index is 13.1. The molecule has 1 saturated heterocycles. The number of hydrogen-bond acceptors (Lipinski definition) is 6. The topological polar surface area (TPSA) is 104 Å². The number of nitriles is 1. The van der Waals surface area contributed by atoms with Gasteiger partial charge in [-0.3, -0.25) is 14.5 Å². The zero-order valence-electron chi connectivity index (χ0n) is 14.6. The van der Waals surface area contributed by atoms with Crippen LogP contribution in [0.1, 0.15) is 32.0 Å². The molecule has 0 aliphatic carbocycles. The van der Waals surface area contributed by atoms with Crippen molar-refractivity contribution in [2.75, 3.05) is 18.1 Å². The number of nitrogens with zero attached hydrogens (tertiary/aromatic N) is 4. The van der Waals surface area contributed by atoms with Crippen LogP contribution in [0.15, 0.2) is 12.3 Å². The number of alkyl halides is 3. The molecule has 0 unspecified atom stereocenters. The van der Waals surface area contributed by atoms with Gasteiger partial charge in [-0.2, -0.15) is 18.4 Å². The molecule has 27 heavy (non-hydrogen) atoms. The molecule has 8 nitrogen and oxygen atoms in total. The lowest BCUT2D eigenvalue weighted by atomic mass is 10.0. The second-order valence-electron chi connectivity index (χ2n) is 6.07. The Morgan fingerprint density at radius 1 is 1.37 bits per heavy atom. The molecule has 0 spiro atoms. The number of ether oxygens (including phenoxy) is 1. The summed E-state index contributed by atoms with van der Waals surface area (Å²) >= 11 is 0. The average molecular weight is 384 g/mol. The third-order valence-corrected chi connectivity index (χ3v) is 3.96. The van der Waals surface area contributed by atoms with E-state index in [4.69, 9.17) is 10.00 Å². The standard InChI is InChI=1S/C16H15F3N4O4/c1-4-27-12(24)8-22-14(26)23(13(25)15(22,2)3)9-5-10(16(17,18)19)11(6-20)21-7-9/h5,7H,4,8H2,1-3H3. The van der Waals surface area contributed by atoms with Crippen molar-refractivity contribution >= 4 is 23.6 Å². The van der Waals surface area contributed by atoms with Crippen molar-refractivity contribution in [3.05, 3.63) is 23.5 Å². The highest BCUT2D eigenvalue weighted by Crippen LogP contribution is 2.36. The van der Waals surface area contributed by atoms with Crippen LogP contribution in [-0.4, -0.2) is 46.5 Å². The van der Waals surface area contributed by atoms with E-state index in [1.807, 2.05) is 0 Å². The molecule has 1 aromatic rings. The Morgan fingerprint density at radius 3 is 2.52 bits per heavy atom. The van der Waals surface area contributed by atoms with Gasteiger partial charge < -0.3 is 4.74 Å². The normalized spacial score (nSPS) is 16.5. The van der Waals surface area contributed by atoms with Gasteiger partial charge in [0.2, 0.25) is 0 Å². The number of halogens is 3. The van der Waals surface area contributed by atoms with Gasteiger partial charge in [-0.1, -0.05) is 0 Å². The predicted molar refractivity (Wildman–Crippen MR) is 84.3 cm³/mol. The van der Waals surface area contributed by atoms with Crippen LogP contribution < -0.4 is 4.90 Å². The summed E-state index contributed by atoms with van der Waals surface area (Å²) < 4.78 is 44.1. The van der Waals surface area contributed by atoms with Crippen molar-refractivity contribution in [2.24, 2.45) is 0 Å². The van der Waals surface area contributed by atoms with E-state index in [0.29, 0.717) is 11.0 Å². The maximum Gasteiger partial charge on any atom is 0.419 e. The summed E-state index contributed by atoms with van der Waals surface area (Å²) in [6.45, 7) is 3.79. The number of rotatable bonds is 4. The highest BCUT2D eigenvalue weighted by molar-refractivity contribution is 6.23. The zero-order valence-corrected chi connectivity index (χ0v) is 14.6. The second kappa shape index (κ2) is 6.86. The summed E-state index contributed by atoms with van der Waals surface area (Å²) in [5.41, 5.74) is -4.19. The summed E-state index contributed by atoms with van der Waals surface area (Å²) in [5.74, 6) is -1.60. The number of urea groups is 1. The van der Waals surface area contributed by atoms with Gasteiger partial charge in [0.1, 0.15) is 18.2 Å². The van der Waals surface area contributed by atoms with Crippen LogP contribution in [0.3, 0.4) is 0 Å². The summed E-state index contributed by atoms with van der Waals surface area (Å²) in [6, 6.07) is 0.833. The van der Waals surface area contributed by atoms with Crippen molar-refractivity contribution in [3.8, 4) is 6.07 Å². The maximum atomic E-state index is 13.1. The molecule has 0 N–H and O–H groups in total. The van der Waals surface area contributed by atoms with Crippen molar-refractivity contribution < 1.29 is 32.3 Å². The molecule has 2 heterocycles. The largest absolute Gasteiger partial charge is 0.465 e. The smallest absolute Gasteiger partial charge is 0.419 e. The molecule has 1 fully saturated rings. The predicted octanol–water partition coefficient (Wildman–Crippen LogP) is 2.08. The Bertz CT molecular complexity index is 845. The lowest BCUT2D eigenvalue weighted by Gasteiger charge is -2.26. The number of carbonyl (C=O) groups excluding carboxylic acids is 3. The summed E-state index contributed by atoms with van der Waals surface area (Å²) in [4.78, 5) is 41.8. The third-order valence-electron chi connectivity index (χ3n) is 3.96. The minimum absolute atomic E-state index is 0.0629.